The Kier molecular flexibility index (Phi) is 2.20. The average molecular weight is 216 g/mol. The summed E-state index contributed by atoms with van der Waals surface area (Å²) in [6.07, 6.45) is 2.00. The SMILES string of the molecule is O=S(=O)(On1cccn1)C(F)(F)F. The molecule has 1 aromatic heterocycles. The van der Waals surface area contributed by atoms with Crippen LogP contribution in [0.1, 0.15) is 0 Å². The van der Waals surface area contributed by atoms with Gasteiger partial charge in [-0.05, 0) is 6.07 Å². The van der Waals surface area contributed by atoms with Crippen LogP contribution in [0.4, 0.5) is 13.2 Å². The molecular weight excluding hydrogens is 213 g/mol. The Hall–Kier alpha value is -1.25. The molecule has 0 saturated heterocycles. The molecule has 1 rings (SSSR count). The fourth-order valence-electron chi connectivity index (χ4n) is 0.442. The maximum Gasteiger partial charge on any atom is 0.536 e. The van der Waals surface area contributed by atoms with E-state index in [9.17, 15) is 21.6 Å². The third kappa shape index (κ3) is 2.11. The second-order valence-electron chi connectivity index (χ2n) is 1.88. The fourth-order valence-corrected chi connectivity index (χ4v) is 0.815. The zero-order valence-electron chi connectivity index (χ0n) is 5.89. The van der Waals surface area contributed by atoms with Gasteiger partial charge in [0.2, 0.25) is 0 Å². The van der Waals surface area contributed by atoms with Crippen molar-refractivity contribution in [2.24, 2.45) is 0 Å². The van der Waals surface area contributed by atoms with E-state index in [0.29, 0.717) is 0 Å². The molecule has 0 amide bonds. The molecule has 0 atom stereocenters. The molecule has 1 heterocycles. The molecule has 0 aromatic carbocycles. The standard InChI is InChI=1S/C4H3F3N2O3S/c5-4(6,7)13(10,11)12-9-3-1-2-8-9/h1-3H. The Balaban J connectivity index is 2.87. The van der Waals surface area contributed by atoms with E-state index in [2.05, 4.69) is 9.38 Å². The van der Waals surface area contributed by atoms with Gasteiger partial charge in [-0.1, -0.05) is 4.85 Å². The van der Waals surface area contributed by atoms with Gasteiger partial charge in [-0.15, -0.1) is 5.10 Å². The molecule has 0 fully saturated rings. The Labute approximate surface area is 70.8 Å². The molecule has 74 valence electrons. The molecule has 0 radical (unpaired) electrons. The first kappa shape index (κ1) is 9.84. The van der Waals surface area contributed by atoms with E-state index in [-0.39, 0.29) is 4.85 Å². The van der Waals surface area contributed by atoms with Gasteiger partial charge in [-0.2, -0.15) is 21.6 Å². The van der Waals surface area contributed by atoms with E-state index in [0.717, 1.165) is 12.4 Å². The molecule has 0 aliphatic rings. The second-order valence-corrected chi connectivity index (χ2v) is 3.40. The van der Waals surface area contributed by atoms with Crippen molar-refractivity contribution >= 4 is 10.1 Å². The van der Waals surface area contributed by atoms with Gasteiger partial charge in [0, 0.05) is 0 Å². The summed E-state index contributed by atoms with van der Waals surface area (Å²) in [5.74, 6) is 0. The first-order valence-corrected chi connectivity index (χ1v) is 4.24. The van der Waals surface area contributed by atoms with Crippen molar-refractivity contribution in [1.29, 1.82) is 0 Å². The van der Waals surface area contributed by atoms with E-state index in [1.54, 1.807) is 0 Å². The third-order valence-corrected chi connectivity index (χ3v) is 1.85. The van der Waals surface area contributed by atoms with Gasteiger partial charge in [-0.3, -0.25) is 4.28 Å². The Bertz CT molecular complexity index is 368. The first-order chi connectivity index (χ1) is 5.83. The maximum absolute atomic E-state index is 11.7. The summed E-state index contributed by atoms with van der Waals surface area (Å²) < 4.78 is 59.2. The van der Waals surface area contributed by atoms with Crippen molar-refractivity contribution in [3.8, 4) is 0 Å². The molecule has 9 heteroatoms. The molecule has 0 N–H and O–H groups in total. The molecule has 0 saturated carbocycles. The Morgan fingerprint density at radius 3 is 2.38 bits per heavy atom. The van der Waals surface area contributed by atoms with Crippen molar-refractivity contribution in [3.05, 3.63) is 18.5 Å². The molecule has 0 aliphatic heterocycles. The molecule has 0 unspecified atom stereocenters. The summed E-state index contributed by atoms with van der Waals surface area (Å²) in [4.78, 5) is 0.197. The van der Waals surface area contributed by atoms with E-state index < -0.39 is 15.6 Å². The van der Waals surface area contributed by atoms with Crippen LogP contribution in [-0.2, 0) is 10.1 Å². The highest BCUT2D eigenvalue weighted by molar-refractivity contribution is 7.87. The number of rotatable bonds is 2. The van der Waals surface area contributed by atoms with Gasteiger partial charge >= 0.3 is 15.6 Å². The van der Waals surface area contributed by atoms with E-state index in [1.165, 1.54) is 6.07 Å². The fraction of sp³-hybridized carbons (Fsp3) is 0.250. The lowest BCUT2D eigenvalue weighted by Gasteiger charge is -2.07. The minimum atomic E-state index is -5.62. The minimum absolute atomic E-state index is 0.197. The zero-order valence-corrected chi connectivity index (χ0v) is 6.71. The molecule has 0 spiro atoms. The van der Waals surface area contributed by atoms with E-state index in [4.69, 9.17) is 0 Å². The van der Waals surface area contributed by atoms with Gasteiger partial charge in [0.1, 0.15) is 0 Å². The highest BCUT2D eigenvalue weighted by atomic mass is 32.2. The first-order valence-electron chi connectivity index (χ1n) is 2.84. The highest BCUT2D eigenvalue weighted by Crippen LogP contribution is 2.22. The normalized spacial score (nSPS) is 12.8. The summed E-state index contributed by atoms with van der Waals surface area (Å²) >= 11 is 0. The predicted molar refractivity (Wildman–Crippen MR) is 33.8 cm³/mol. The summed E-state index contributed by atoms with van der Waals surface area (Å²) in [6, 6.07) is 1.21. The molecule has 5 nitrogen and oxygen atoms in total. The lowest BCUT2D eigenvalue weighted by Crippen LogP contribution is -2.33. The van der Waals surface area contributed by atoms with Crippen LogP contribution in [0.25, 0.3) is 0 Å². The van der Waals surface area contributed by atoms with Gasteiger partial charge < -0.3 is 0 Å². The lowest BCUT2D eigenvalue weighted by molar-refractivity contribution is -0.0556. The monoisotopic (exact) mass is 216 g/mol. The van der Waals surface area contributed by atoms with Crippen LogP contribution >= 0.6 is 0 Å². The summed E-state index contributed by atoms with van der Waals surface area (Å²) in [7, 11) is -5.62. The van der Waals surface area contributed by atoms with Gasteiger partial charge in [0.05, 0.1) is 12.4 Å². The smallest absolute Gasteiger partial charge is 0.263 e. The van der Waals surface area contributed by atoms with Crippen molar-refractivity contribution < 1.29 is 25.9 Å². The quantitative estimate of drug-likeness (QED) is 0.661. The number of halogens is 3. The van der Waals surface area contributed by atoms with Crippen LogP contribution in [0.15, 0.2) is 18.5 Å². The Morgan fingerprint density at radius 1 is 1.38 bits per heavy atom. The largest absolute Gasteiger partial charge is 0.536 e. The van der Waals surface area contributed by atoms with Crippen LogP contribution < -0.4 is 4.28 Å². The maximum atomic E-state index is 11.7. The summed E-state index contributed by atoms with van der Waals surface area (Å²) in [5, 5.41) is 3.13. The average Bonchev–Trinajstić information content (AvgIpc) is 2.35. The van der Waals surface area contributed by atoms with Crippen LogP contribution in [-0.4, -0.2) is 23.9 Å². The third-order valence-electron chi connectivity index (χ3n) is 0.938. The molecular formula is C4H3F3N2O3S. The highest BCUT2D eigenvalue weighted by Gasteiger charge is 2.49. The number of hydrogen-bond acceptors (Lipinski definition) is 4. The molecule has 1 aromatic rings. The van der Waals surface area contributed by atoms with Gasteiger partial charge in [-0.25, -0.2) is 0 Å². The van der Waals surface area contributed by atoms with Crippen molar-refractivity contribution in [1.82, 2.24) is 9.94 Å². The van der Waals surface area contributed by atoms with E-state index in [1.807, 2.05) is 0 Å². The van der Waals surface area contributed by atoms with E-state index >= 15 is 0 Å². The van der Waals surface area contributed by atoms with Crippen LogP contribution in [0.2, 0.25) is 0 Å². The van der Waals surface area contributed by atoms with Crippen LogP contribution in [0.5, 0.6) is 0 Å². The minimum Gasteiger partial charge on any atom is -0.263 e. The predicted octanol–water partition coefficient (Wildman–Crippen LogP) is 0.161. The summed E-state index contributed by atoms with van der Waals surface area (Å²) in [6.45, 7) is 0. The number of aromatic nitrogens is 2. The molecule has 0 aliphatic carbocycles. The topological polar surface area (TPSA) is 61.2 Å². The Morgan fingerprint density at radius 2 is 2.00 bits per heavy atom. The number of alkyl halides is 3. The molecule has 13 heavy (non-hydrogen) atoms. The number of nitrogens with zero attached hydrogens (tertiary/aromatic N) is 2. The number of hydrogen-bond donors (Lipinski definition) is 0. The zero-order chi connectivity index (χ0) is 10.1. The van der Waals surface area contributed by atoms with Crippen molar-refractivity contribution in [2.75, 3.05) is 0 Å². The van der Waals surface area contributed by atoms with Crippen LogP contribution in [0, 0.1) is 0 Å². The van der Waals surface area contributed by atoms with Gasteiger partial charge in [0.15, 0.2) is 0 Å². The van der Waals surface area contributed by atoms with Crippen molar-refractivity contribution in [3.63, 3.8) is 0 Å². The second kappa shape index (κ2) is 2.91. The van der Waals surface area contributed by atoms with Crippen LogP contribution in [0.3, 0.4) is 0 Å². The molecule has 0 bridgehead atoms. The lowest BCUT2D eigenvalue weighted by atomic mass is 10.8. The van der Waals surface area contributed by atoms with Gasteiger partial charge in [0.25, 0.3) is 0 Å². The summed E-state index contributed by atoms with van der Waals surface area (Å²) in [5.41, 5.74) is -5.45. The van der Waals surface area contributed by atoms with Crippen molar-refractivity contribution in [2.45, 2.75) is 5.51 Å².